The number of aromatic nitrogens is 1. The number of pyridine rings is 1. The molecule has 5 rings (SSSR count). The lowest BCUT2D eigenvalue weighted by atomic mass is 9.94. The predicted octanol–water partition coefficient (Wildman–Crippen LogP) is 7.48. The highest BCUT2D eigenvalue weighted by atomic mass is 16.3. The van der Waals surface area contributed by atoms with Crippen LogP contribution in [0.2, 0.25) is 0 Å². The molecule has 1 saturated carbocycles. The molecule has 0 spiro atoms. The van der Waals surface area contributed by atoms with Crippen LogP contribution in [0.3, 0.4) is 0 Å². The number of aryl methyl sites for hydroxylation is 3. The van der Waals surface area contributed by atoms with Gasteiger partial charge in [0.25, 0.3) is 0 Å². The number of hydrogen-bond acceptors (Lipinski definition) is 1. The van der Waals surface area contributed by atoms with Crippen molar-refractivity contribution in [3.05, 3.63) is 64.8 Å². The van der Waals surface area contributed by atoms with E-state index in [9.17, 15) is 0 Å². The van der Waals surface area contributed by atoms with E-state index in [4.69, 9.17) is 11.3 Å². The second kappa shape index (κ2) is 7.27. The summed E-state index contributed by atoms with van der Waals surface area (Å²) < 4.78 is 50.6. The van der Waals surface area contributed by atoms with Crippen molar-refractivity contribution < 1.29 is 15.8 Å². The van der Waals surface area contributed by atoms with Crippen molar-refractivity contribution in [3.8, 4) is 11.3 Å². The van der Waals surface area contributed by atoms with E-state index in [2.05, 4.69) is 6.07 Å². The van der Waals surface area contributed by atoms with E-state index in [0.717, 1.165) is 64.4 Å². The lowest BCUT2D eigenvalue weighted by Crippen LogP contribution is -2.32. The monoisotopic (exact) mass is 403 g/mol. The van der Waals surface area contributed by atoms with Crippen molar-refractivity contribution >= 4 is 21.9 Å². The SMILES string of the molecule is [2H]C([2H])([2H])c1cc(-c2c(C)ccc3c2oc2c(C4([2H])CCCC4)cccc23)[n+](C)cc1C([2H])(C)C. The highest BCUT2D eigenvalue weighted by molar-refractivity contribution is 6.10. The first-order chi connectivity index (χ1) is 16.3. The molecule has 0 radical (unpaired) electrons. The summed E-state index contributed by atoms with van der Waals surface area (Å²) in [4.78, 5) is 0. The van der Waals surface area contributed by atoms with E-state index in [1.54, 1.807) is 26.1 Å². The first kappa shape index (κ1) is 14.4. The molecule has 2 heterocycles. The third-order valence-electron chi connectivity index (χ3n) is 6.53. The Bertz CT molecular complexity index is 1450. The number of furan rings is 1. The zero-order valence-electron chi connectivity index (χ0n) is 23.2. The van der Waals surface area contributed by atoms with Crippen LogP contribution in [0.1, 0.15) is 80.4 Å². The summed E-state index contributed by atoms with van der Waals surface area (Å²) in [5.41, 5.74) is 5.63. The normalized spacial score (nSPS) is 19.4. The summed E-state index contributed by atoms with van der Waals surface area (Å²) in [5.74, 6) is -1.69. The molecule has 0 saturated heterocycles. The lowest BCUT2D eigenvalue weighted by Gasteiger charge is -2.11. The molecule has 30 heavy (non-hydrogen) atoms. The van der Waals surface area contributed by atoms with Gasteiger partial charge >= 0.3 is 0 Å². The first-order valence-electron chi connectivity index (χ1n) is 13.3. The maximum absolute atomic E-state index is 9.11. The number of rotatable bonds is 3. The molecule has 1 fully saturated rings. The molecule has 2 aromatic carbocycles. The van der Waals surface area contributed by atoms with Gasteiger partial charge in [-0.25, -0.2) is 4.57 Å². The molecule has 0 aliphatic heterocycles. The van der Waals surface area contributed by atoms with Gasteiger partial charge in [-0.3, -0.25) is 0 Å². The molecule has 0 unspecified atom stereocenters. The highest BCUT2D eigenvalue weighted by Crippen LogP contribution is 2.43. The van der Waals surface area contributed by atoms with Gasteiger partial charge in [0, 0.05) is 29.3 Å². The van der Waals surface area contributed by atoms with Crippen molar-refractivity contribution in [1.82, 2.24) is 0 Å². The van der Waals surface area contributed by atoms with Crippen molar-refractivity contribution in [2.24, 2.45) is 7.05 Å². The molecule has 0 bridgehead atoms. The van der Waals surface area contributed by atoms with Crippen molar-refractivity contribution in [2.75, 3.05) is 0 Å². The molecule has 1 aliphatic rings. The van der Waals surface area contributed by atoms with Crippen LogP contribution in [-0.4, -0.2) is 0 Å². The summed E-state index contributed by atoms with van der Waals surface area (Å²) >= 11 is 0. The molecule has 0 atom stereocenters. The molecule has 0 N–H and O–H groups in total. The Kier molecular flexibility index (Phi) is 3.49. The van der Waals surface area contributed by atoms with E-state index in [0.29, 0.717) is 11.1 Å². The minimum atomic E-state index is -2.35. The van der Waals surface area contributed by atoms with E-state index in [1.165, 1.54) is 0 Å². The third-order valence-corrected chi connectivity index (χ3v) is 6.53. The zero-order chi connectivity index (χ0) is 25.3. The summed E-state index contributed by atoms with van der Waals surface area (Å²) in [5, 5.41) is 1.95. The standard InChI is InChI=1S/C28H32NO/c1-17(2)24-16-29(5)25(15-19(24)4)26-18(3)13-14-23-22-12-8-11-21(20-9-6-7-10-20)27(22)30-28(23)26/h8,11-17,20H,6-7,9-10H2,1-5H3/q+1/i4D3,17D,20D. The van der Waals surface area contributed by atoms with Crippen LogP contribution < -0.4 is 4.57 Å². The largest absolute Gasteiger partial charge is 0.455 e. The third kappa shape index (κ3) is 2.96. The molecule has 2 aromatic heterocycles. The average molecular weight is 404 g/mol. The zero-order valence-corrected chi connectivity index (χ0v) is 18.2. The molecular weight excluding hydrogens is 366 g/mol. The Morgan fingerprint density at radius 1 is 1.10 bits per heavy atom. The topological polar surface area (TPSA) is 17.0 Å². The molecule has 4 aromatic rings. The van der Waals surface area contributed by atoms with Crippen LogP contribution in [0.25, 0.3) is 33.2 Å². The van der Waals surface area contributed by atoms with Crippen LogP contribution in [-0.2, 0) is 7.05 Å². The Morgan fingerprint density at radius 3 is 2.60 bits per heavy atom. The van der Waals surface area contributed by atoms with Gasteiger partial charge in [0.15, 0.2) is 6.20 Å². The van der Waals surface area contributed by atoms with Gasteiger partial charge < -0.3 is 4.42 Å². The molecule has 2 heteroatoms. The maximum Gasteiger partial charge on any atom is 0.216 e. The van der Waals surface area contributed by atoms with E-state index >= 15 is 0 Å². The Balaban J connectivity index is 1.83. The second-order valence-corrected chi connectivity index (χ2v) is 8.83. The minimum absolute atomic E-state index is 0.190. The van der Waals surface area contributed by atoms with Gasteiger partial charge in [0.2, 0.25) is 5.69 Å². The Morgan fingerprint density at radius 2 is 1.87 bits per heavy atom. The number of nitrogens with zero attached hydrogens (tertiary/aromatic N) is 1. The Hall–Kier alpha value is -2.61. The van der Waals surface area contributed by atoms with Crippen LogP contribution in [0.15, 0.2) is 47.0 Å². The number of hydrogen-bond donors (Lipinski definition) is 0. The smallest absolute Gasteiger partial charge is 0.216 e. The lowest BCUT2D eigenvalue weighted by molar-refractivity contribution is -0.660. The fraction of sp³-hybridized carbons (Fsp3) is 0.393. The van der Waals surface area contributed by atoms with Crippen LogP contribution in [0.4, 0.5) is 0 Å². The molecule has 2 nitrogen and oxygen atoms in total. The van der Waals surface area contributed by atoms with Gasteiger partial charge in [-0.1, -0.05) is 57.0 Å². The van der Waals surface area contributed by atoms with Gasteiger partial charge in [0.05, 0.1) is 5.56 Å². The summed E-state index contributed by atoms with van der Waals surface area (Å²) in [6.07, 6.45) is 5.54. The second-order valence-electron chi connectivity index (χ2n) is 8.83. The van der Waals surface area contributed by atoms with Crippen LogP contribution in [0.5, 0.6) is 0 Å². The van der Waals surface area contributed by atoms with Gasteiger partial charge in [0.1, 0.15) is 18.2 Å². The van der Waals surface area contributed by atoms with Crippen LogP contribution in [0, 0.1) is 13.8 Å². The molecule has 0 amide bonds. The van der Waals surface area contributed by atoms with E-state index in [1.807, 2.05) is 42.8 Å². The average Bonchev–Trinajstić information content (AvgIpc) is 3.36. The van der Waals surface area contributed by atoms with Gasteiger partial charge in [-0.05, 0) is 55.1 Å². The quantitative estimate of drug-likeness (QED) is 0.324. The maximum atomic E-state index is 9.11. The van der Waals surface area contributed by atoms with Gasteiger partial charge in [-0.15, -0.1) is 0 Å². The minimum Gasteiger partial charge on any atom is -0.455 e. The predicted molar refractivity (Wildman–Crippen MR) is 125 cm³/mol. The van der Waals surface area contributed by atoms with E-state index in [-0.39, 0.29) is 5.56 Å². The van der Waals surface area contributed by atoms with Crippen molar-refractivity contribution in [2.45, 2.75) is 65.1 Å². The number of benzene rings is 2. The molecule has 154 valence electrons. The Labute approximate surface area is 186 Å². The summed E-state index contributed by atoms with van der Waals surface area (Å²) in [6.45, 7) is 3.08. The molecular formula is C28H32NO+. The number of fused-ring (bicyclic) bond motifs is 3. The van der Waals surface area contributed by atoms with Crippen molar-refractivity contribution in [1.29, 1.82) is 0 Å². The summed E-state index contributed by atoms with van der Waals surface area (Å²) in [6, 6.07) is 11.9. The fourth-order valence-electron chi connectivity index (χ4n) is 4.92. The van der Waals surface area contributed by atoms with Gasteiger partial charge in [-0.2, -0.15) is 0 Å². The van der Waals surface area contributed by atoms with E-state index < -0.39 is 18.6 Å². The van der Waals surface area contributed by atoms with Crippen LogP contribution >= 0.6 is 0 Å². The van der Waals surface area contributed by atoms with Crippen molar-refractivity contribution in [3.63, 3.8) is 0 Å². The molecule has 1 aliphatic carbocycles. The fourth-order valence-corrected chi connectivity index (χ4v) is 4.92. The highest BCUT2D eigenvalue weighted by Gasteiger charge is 2.25. The first-order valence-corrected chi connectivity index (χ1v) is 10.8. The number of para-hydroxylation sites is 1. The summed E-state index contributed by atoms with van der Waals surface area (Å²) in [7, 11) is 1.89.